The van der Waals surface area contributed by atoms with E-state index in [1.807, 2.05) is 36.4 Å². The van der Waals surface area contributed by atoms with Gasteiger partial charge in [0, 0.05) is 47.9 Å². The second-order valence-corrected chi connectivity index (χ2v) is 13.5. The lowest BCUT2D eigenvalue weighted by Crippen LogP contribution is -2.40. The highest BCUT2D eigenvalue weighted by molar-refractivity contribution is 7.89. The number of carbonyl (C=O) groups is 1. The Labute approximate surface area is 231 Å². The summed E-state index contributed by atoms with van der Waals surface area (Å²) in [5, 5.41) is 9.73. The molecule has 206 valence electrons. The number of carboxylic acids is 1. The summed E-state index contributed by atoms with van der Waals surface area (Å²) in [7, 11) is -2.20. The highest BCUT2D eigenvalue weighted by Gasteiger charge is 2.41. The lowest BCUT2D eigenvalue weighted by Gasteiger charge is -2.38. The smallest absolute Gasteiger partial charge is 0.335 e. The predicted octanol–water partition coefficient (Wildman–Crippen LogP) is 6.86. The minimum Gasteiger partial charge on any atom is -0.484 e. The molecule has 7 nitrogen and oxygen atoms in total. The van der Waals surface area contributed by atoms with E-state index in [9.17, 15) is 18.3 Å². The number of para-hydroxylation sites is 1. The molecule has 0 aromatic heterocycles. The molecule has 8 heteroatoms. The van der Waals surface area contributed by atoms with Gasteiger partial charge in [-0.25, -0.2) is 13.2 Å². The summed E-state index contributed by atoms with van der Waals surface area (Å²) >= 11 is 0. The standard InChI is InChI=1S/C31H36N2O5S/c1-6-7-11-22-19-33(21-12-9-8-10-13-21)26-18-27-25(17-28(26)39(36,37)32(22)5)24-16-20(30(34)35)14-15-23(24)29(38-27)31(2,3)4/h8-10,12-18,22,29H,6-7,11,19H2,1-5H3,(H,34,35)/t22-,29+/m1/s1. The van der Waals surface area contributed by atoms with E-state index in [2.05, 4.69) is 32.6 Å². The van der Waals surface area contributed by atoms with Crippen molar-refractivity contribution in [2.75, 3.05) is 18.5 Å². The third-order valence-corrected chi connectivity index (χ3v) is 9.72. The van der Waals surface area contributed by atoms with Crippen LogP contribution in [0.3, 0.4) is 0 Å². The summed E-state index contributed by atoms with van der Waals surface area (Å²) in [4.78, 5) is 14.2. The van der Waals surface area contributed by atoms with Crippen LogP contribution in [0.25, 0.3) is 11.1 Å². The average molecular weight is 549 g/mol. The third kappa shape index (κ3) is 4.80. The highest BCUT2D eigenvalue weighted by Crippen LogP contribution is 2.52. The average Bonchev–Trinajstić information content (AvgIpc) is 2.98. The third-order valence-electron chi connectivity index (χ3n) is 7.78. The molecule has 3 aromatic rings. The molecule has 0 saturated heterocycles. The first-order valence-corrected chi connectivity index (χ1v) is 14.9. The molecule has 2 heterocycles. The molecule has 1 N–H and O–H groups in total. The van der Waals surface area contributed by atoms with Gasteiger partial charge in [-0.05, 0) is 42.3 Å². The Balaban J connectivity index is 1.78. The number of hydrogen-bond donors (Lipinski definition) is 1. The summed E-state index contributed by atoms with van der Waals surface area (Å²) in [5.74, 6) is -0.483. The number of carboxylic acid groups (broad SMARTS) is 1. The Morgan fingerprint density at radius 1 is 1.05 bits per heavy atom. The molecule has 0 unspecified atom stereocenters. The molecule has 0 bridgehead atoms. The topological polar surface area (TPSA) is 87.2 Å². The van der Waals surface area contributed by atoms with Crippen LogP contribution in [0.5, 0.6) is 5.75 Å². The molecule has 0 fully saturated rings. The fourth-order valence-electron chi connectivity index (χ4n) is 5.60. The second-order valence-electron chi connectivity index (χ2n) is 11.6. The van der Waals surface area contributed by atoms with Crippen molar-refractivity contribution in [3.05, 3.63) is 71.8 Å². The van der Waals surface area contributed by atoms with E-state index < -0.39 is 16.0 Å². The summed E-state index contributed by atoms with van der Waals surface area (Å²) in [6.07, 6.45) is 2.30. The van der Waals surface area contributed by atoms with Crippen LogP contribution in [-0.2, 0) is 10.0 Å². The van der Waals surface area contributed by atoms with Gasteiger partial charge >= 0.3 is 5.97 Å². The van der Waals surface area contributed by atoms with Gasteiger partial charge in [-0.3, -0.25) is 0 Å². The highest BCUT2D eigenvalue weighted by atomic mass is 32.2. The zero-order valence-corrected chi connectivity index (χ0v) is 24.0. The largest absolute Gasteiger partial charge is 0.484 e. The monoisotopic (exact) mass is 548 g/mol. The Bertz CT molecular complexity index is 1510. The van der Waals surface area contributed by atoms with Crippen LogP contribution in [0.2, 0.25) is 0 Å². The van der Waals surface area contributed by atoms with Gasteiger partial charge in [-0.15, -0.1) is 0 Å². The summed E-state index contributed by atoms with van der Waals surface area (Å²) < 4.78 is 36.4. The zero-order chi connectivity index (χ0) is 28.1. The molecule has 5 rings (SSSR count). The predicted molar refractivity (Wildman–Crippen MR) is 153 cm³/mol. The van der Waals surface area contributed by atoms with Crippen molar-refractivity contribution >= 4 is 27.4 Å². The van der Waals surface area contributed by atoms with Gasteiger partial charge in [-0.2, -0.15) is 4.31 Å². The maximum atomic E-state index is 14.1. The van der Waals surface area contributed by atoms with E-state index in [0.29, 0.717) is 29.1 Å². The summed E-state index contributed by atoms with van der Waals surface area (Å²) in [6, 6.07) is 18.1. The lowest BCUT2D eigenvalue weighted by molar-refractivity contribution is 0.0695. The molecular formula is C31H36N2O5S. The maximum Gasteiger partial charge on any atom is 0.335 e. The SMILES string of the molecule is CCCC[C@@H]1CN(c2ccccc2)c2cc3c(cc2S(=O)(=O)N1C)-c1cc(C(=O)O)ccc1[C@@H](C(C)(C)C)O3. The number of unbranched alkanes of at least 4 members (excludes halogenated alkanes) is 1. The van der Waals surface area contributed by atoms with Gasteiger partial charge in [0.15, 0.2) is 0 Å². The number of likely N-dealkylation sites (N-methyl/N-ethyl adjacent to an activating group) is 1. The number of anilines is 2. The van der Waals surface area contributed by atoms with Crippen LogP contribution >= 0.6 is 0 Å². The van der Waals surface area contributed by atoms with Crippen LogP contribution < -0.4 is 9.64 Å². The van der Waals surface area contributed by atoms with Crippen molar-refractivity contribution in [2.45, 2.75) is 64.0 Å². The van der Waals surface area contributed by atoms with Crippen molar-refractivity contribution in [3.8, 4) is 16.9 Å². The lowest BCUT2D eigenvalue weighted by atomic mass is 9.79. The van der Waals surface area contributed by atoms with Crippen LogP contribution in [0.15, 0.2) is 65.6 Å². The van der Waals surface area contributed by atoms with E-state index in [-0.39, 0.29) is 28.0 Å². The molecule has 0 spiro atoms. The van der Waals surface area contributed by atoms with E-state index in [1.54, 1.807) is 31.3 Å². The molecule has 39 heavy (non-hydrogen) atoms. The fourth-order valence-corrected chi connectivity index (χ4v) is 7.18. The molecule has 2 aliphatic rings. The van der Waals surface area contributed by atoms with Crippen molar-refractivity contribution in [1.82, 2.24) is 4.31 Å². The molecule has 3 aromatic carbocycles. The number of benzene rings is 3. The van der Waals surface area contributed by atoms with Crippen LogP contribution in [0.1, 0.15) is 69.0 Å². The number of rotatable bonds is 5. The number of fused-ring (bicyclic) bond motifs is 4. The molecule has 0 radical (unpaired) electrons. The molecule has 0 amide bonds. The van der Waals surface area contributed by atoms with Gasteiger partial charge in [0.2, 0.25) is 10.0 Å². The second kappa shape index (κ2) is 9.99. The number of nitrogens with zero attached hydrogens (tertiary/aromatic N) is 2. The number of aromatic carboxylic acids is 1. The normalized spacial score (nSPS) is 20.3. The van der Waals surface area contributed by atoms with Gasteiger partial charge in [0.25, 0.3) is 0 Å². The van der Waals surface area contributed by atoms with Crippen molar-refractivity contribution < 1.29 is 23.1 Å². The molecular weight excluding hydrogens is 512 g/mol. The number of ether oxygens (including phenoxy) is 1. The Hall–Kier alpha value is -3.36. The van der Waals surface area contributed by atoms with Crippen LogP contribution in [0, 0.1) is 5.41 Å². The Morgan fingerprint density at radius 3 is 2.41 bits per heavy atom. The number of sulfonamides is 1. The summed E-state index contributed by atoms with van der Waals surface area (Å²) in [5.41, 5.74) is 3.45. The van der Waals surface area contributed by atoms with Gasteiger partial charge in [-0.1, -0.05) is 64.8 Å². The first-order valence-electron chi connectivity index (χ1n) is 13.5. The van der Waals surface area contributed by atoms with E-state index in [1.165, 1.54) is 4.31 Å². The van der Waals surface area contributed by atoms with Crippen LogP contribution in [-0.4, -0.2) is 43.4 Å². The van der Waals surface area contributed by atoms with E-state index in [4.69, 9.17) is 4.74 Å². The molecule has 0 saturated carbocycles. The zero-order valence-electron chi connectivity index (χ0n) is 23.1. The summed E-state index contributed by atoms with van der Waals surface area (Å²) in [6.45, 7) is 8.85. The first kappa shape index (κ1) is 27.2. The van der Waals surface area contributed by atoms with Crippen LogP contribution in [0.4, 0.5) is 11.4 Å². The Morgan fingerprint density at radius 2 is 1.77 bits per heavy atom. The quantitative estimate of drug-likeness (QED) is 0.375. The molecule has 2 aliphatic heterocycles. The van der Waals surface area contributed by atoms with Crippen molar-refractivity contribution in [3.63, 3.8) is 0 Å². The fraction of sp³-hybridized carbons (Fsp3) is 0.387. The molecule has 2 atom stereocenters. The van der Waals surface area contributed by atoms with Gasteiger partial charge < -0.3 is 14.7 Å². The molecule has 0 aliphatic carbocycles. The number of hydrogen-bond acceptors (Lipinski definition) is 5. The maximum absolute atomic E-state index is 14.1. The van der Waals surface area contributed by atoms with Gasteiger partial charge in [0.05, 0.1) is 11.3 Å². The van der Waals surface area contributed by atoms with E-state index >= 15 is 0 Å². The van der Waals surface area contributed by atoms with E-state index in [0.717, 1.165) is 30.5 Å². The minimum absolute atomic E-state index is 0.148. The minimum atomic E-state index is -3.86. The van der Waals surface area contributed by atoms with Crippen molar-refractivity contribution in [1.29, 1.82) is 0 Å². The van der Waals surface area contributed by atoms with Gasteiger partial charge in [0.1, 0.15) is 16.7 Å². The Kier molecular flexibility index (Phi) is 6.97. The first-order chi connectivity index (χ1) is 18.4. The van der Waals surface area contributed by atoms with Crippen molar-refractivity contribution in [2.24, 2.45) is 5.41 Å².